The summed E-state index contributed by atoms with van der Waals surface area (Å²) in [5.41, 5.74) is 1.10. The number of para-hydroxylation sites is 1. The first-order valence-electron chi connectivity index (χ1n) is 8.90. The molecule has 0 aliphatic carbocycles. The van der Waals surface area contributed by atoms with Gasteiger partial charge in [-0.3, -0.25) is 14.4 Å². The third kappa shape index (κ3) is 3.44. The van der Waals surface area contributed by atoms with Gasteiger partial charge in [-0.1, -0.05) is 23.9 Å². The fraction of sp³-hybridized carbons (Fsp3) is 0.286. The third-order valence-electron chi connectivity index (χ3n) is 4.83. The molecule has 2 aromatic rings. The molecule has 2 aromatic carbocycles. The van der Waals surface area contributed by atoms with Gasteiger partial charge >= 0.3 is 5.97 Å². The molecule has 0 fully saturated rings. The number of carbonyl (C=O) groups excluding carboxylic acids is 3. The zero-order valence-corrected chi connectivity index (χ0v) is 17.7. The Morgan fingerprint density at radius 2 is 1.83 bits per heavy atom. The van der Waals surface area contributed by atoms with E-state index in [9.17, 15) is 14.4 Å². The lowest BCUT2D eigenvalue weighted by molar-refractivity contribution is -0.138. The average Bonchev–Trinajstić information content (AvgIpc) is 2.70. The second-order valence-corrected chi connectivity index (χ2v) is 7.85. The molecule has 1 aliphatic rings. The largest absolute Gasteiger partial charge is 0.497 e. The van der Waals surface area contributed by atoms with Gasteiger partial charge < -0.3 is 19.3 Å². The molecular formula is C21H22N2O5S. The molecular weight excluding hydrogens is 392 g/mol. The number of esters is 1. The second kappa shape index (κ2) is 7.79. The van der Waals surface area contributed by atoms with Crippen LogP contribution in [0.2, 0.25) is 0 Å². The first-order valence-corrected chi connectivity index (χ1v) is 9.71. The van der Waals surface area contributed by atoms with E-state index in [1.165, 1.54) is 42.5 Å². The van der Waals surface area contributed by atoms with Crippen LogP contribution in [0.4, 0.5) is 5.69 Å². The van der Waals surface area contributed by atoms with Gasteiger partial charge in [0.15, 0.2) is 0 Å². The lowest BCUT2D eigenvalue weighted by atomic mass is 10.00. The summed E-state index contributed by atoms with van der Waals surface area (Å²) in [6, 6.07) is 12.3. The van der Waals surface area contributed by atoms with E-state index < -0.39 is 10.8 Å². The molecule has 2 amide bonds. The van der Waals surface area contributed by atoms with Crippen molar-refractivity contribution in [2.75, 3.05) is 26.1 Å². The van der Waals surface area contributed by atoms with Gasteiger partial charge in [0.25, 0.3) is 5.91 Å². The fourth-order valence-electron chi connectivity index (χ4n) is 3.29. The maximum Gasteiger partial charge on any atom is 0.308 e. The van der Waals surface area contributed by atoms with Crippen molar-refractivity contribution in [3.05, 3.63) is 48.0 Å². The van der Waals surface area contributed by atoms with Gasteiger partial charge in [-0.15, -0.1) is 0 Å². The van der Waals surface area contributed by atoms with Crippen molar-refractivity contribution in [1.82, 2.24) is 4.90 Å². The number of thioether (sulfide) groups is 1. The Balaban J connectivity index is 2.34. The summed E-state index contributed by atoms with van der Waals surface area (Å²) in [4.78, 5) is 40.1. The van der Waals surface area contributed by atoms with E-state index in [1.54, 1.807) is 32.3 Å². The van der Waals surface area contributed by atoms with Crippen LogP contribution < -0.4 is 14.4 Å². The van der Waals surface area contributed by atoms with Crippen molar-refractivity contribution >= 4 is 35.2 Å². The number of hydrogen-bond acceptors (Lipinski definition) is 6. The number of fused-ring (bicyclic) bond motifs is 1. The number of amides is 2. The van der Waals surface area contributed by atoms with Gasteiger partial charge in [0, 0.05) is 38.4 Å². The van der Waals surface area contributed by atoms with E-state index >= 15 is 0 Å². The van der Waals surface area contributed by atoms with E-state index in [4.69, 9.17) is 9.47 Å². The number of nitrogens with zero attached hydrogens (tertiary/aromatic N) is 2. The number of carbonyl (C=O) groups is 3. The lowest BCUT2D eigenvalue weighted by Crippen LogP contribution is -2.56. The Kier molecular flexibility index (Phi) is 5.57. The molecule has 0 saturated carbocycles. The topological polar surface area (TPSA) is 76.2 Å². The van der Waals surface area contributed by atoms with E-state index in [1.807, 2.05) is 24.3 Å². The lowest BCUT2D eigenvalue weighted by Gasteiger charge is -2.45. The Morgan fingerprint density at radius 3 is 2.45 bits per heavy atom. The maximum absolute atomic E-state index is 13.7. The molecule has 0 N–H and O–H groups in total. The summed E-state index contributed by atoms with van der Waals surface area (Å²) < 4.78 is 10.8. The Hall–Kier alpha value is -3.00. The van der Waals surface area contributed by atoms with Crippen LogP contribution in [0.5, 0.6) is 11.5 Å². The van der Waals surface area contributed by atoms with Crippen LogP contribution in [0.25, 0.3) is 0 Å². The number of benzene rings is 2. The van der Waals surface area contributed by atoms with E-state index in [-0.39, 0.29) is 17.6 Å². The summed E-state index contributed by atoms with van der Waals surface area (Å²) in [6.45, 7) is 2.68. The van der Waals surface area contributed by atoms with Crippen LogP contribution >= 0.6 is 11.8 Å². The standard InChI is InChI=1S/C21H22N2O5S/c1-13(24)23(4)21(16-12-15(27-5)10-11-18(16)28-14(2)25)20(26)22(3)17-8-6-7-9-19(17)29-21/h6-12H,1-5H3. The van der Waals surface area contributed by atoms with Crippen LogP contribution in [-0.4, -0.2) is 43.9 Å². The molecule has 1 atom stereocenters. The molecule has 8 heteroatoms. The van der Waals surface area contributed by atoms with Crippen LogP contribution in [0.1, 0.15) is 19.4 Å². The van der Waals surface area contributed by atoms with Crippen LogP contribution in [-0.2, 0) is 19.3 Å². The quantitative estimate of drug-likeness (QED) is 0.566. The van der Waals surface area contributed by atoms with Gasteiger partial charge in [-0.05, 0) is 30.3 Å². The molecule has 0 aromatic heterocycles. The third-order valence-corrected chi connectivity index (χ3v) is 6.36. The normalized spacial score (nSPS) is 18.1. The predicted molar refractivity (Wildman–Crippen MR) is 110 cm³/mol. The van der Waals surface area contributed by atoms with E-state index in [0.717, 1.165) is 10.6 Å². The summed E-state index contributed by atoms with van der Waals surface area (Å²) in [6.07, 6.45) is 0. The number of hydrogen-bond donors (Lipinski definition) is 0. The fourth-order valence-corrected chi connectivity index (χ4v) is 4.82. The van der Waals surface area contributed by atoms with Crippen molar-refractivity contribution in [2.24, 2.45) is 0 Å². The highest BCUT2D eigenvalue weighted by atomic mass is 32.2. The Morgan fingerprint density at radius 1 is 1.14 bits per heavy atom. The molecule has 29 heavy (non-hydrogen) atoms. The van der Waals surface area contributed by atoms with Gasteiger partial charge in [0.2, 0.25) is 10.8 Å². The highest BCUT2D eigenvalue weighted by Gasteiger charge is 2.53. The zero-order chi connectivity index (χ0) is 21.3. The van der Waals surface area contributed by atoms with E-state index in [0.29, 0.717) is 11.3 Å². The highest BCUT2D eigenvalue weighted by molar-refractivity contribution is 8.01. The Labute approximate surface area is 173 Å². The minimum Gasteiger partial charge on any atom is -0.497 e. The first kappa shape index (κ1) is 20.7. The number of rotatable bonds is 4. The van der Waals surface area contributed by atoms with Crippen LogP contribution in [0.3, 0.4) is 0 Å². The molecule has 0 spiro atoms. The smallest absolute Gasteiger partial charge is 0.308 e. The van der Waals surface area contributed by atoms with Crippen LogP contribution in [0.15, 0.2) is 47.4 Å². The molecule has 7 nitrogen and oxygen atoms in total. The van der Waals surface area contributed by atoms with Crippen molar-refractivity contribution in [2.45, 2.75) is 23.6 Å². The van der Waals surface area contributed by atoms with Gasteiger partial charge in [-0.2, -0.15) is 0 Å². The monoisotopic (exact) mass is 414 g/mol. The number of methoxy groups -OCH3 is 1. The molecule has 0 saturated heterocycles. The van der Waals surface area contributed by atoms with E-state index in [2.05, 4.69) is 0 Å². The SMILES string of the molecule is COc1ccc(OC(C)=O)c(C2(N(C)C(C)=O)Sc3ccccc3N(C)C2=O)c1. The highest BCUT2D eigenvalue weighted by Crippen LogP contribution is 2.54. The predicted octanol–water partition coefficient (Wildman–Crippen LogP) is 3.02. The minimum atomic E-state index is -1.48. The van der Waals surface area contributed by atoms with Gasteiger partial charge in [-0.25, -0.2) is 0 Å². The molecule has 3 rings (SSSR count). The van der Waals surface area contributed by atoms with Gasteiger partial charge in [0.05, 0.1) is 12.8 Å². The van der Waals surface area contributed by atoms with Crippen molar-refractivity contribution in [1.29, 1.82) is 0 Å². The molecule has 1 unspecified atom stereocenters. The molecule has 152 valence electrons. The van der Waals surface area contributed by atoms with Crippen molar-refractivity contribution < 1.29 is 23.9 Å². The molecule has 0 radical (unpaired) electrons. The molecule has 1 aliphatic heterocycles. The summed E-state index contributed by atoms with van der Waals surface area (Å²) in [5, 5.41) is 0. The Bertz CT molecular complexity index is 993. The summed E-state index contributed by atoms with van der Waals surface area (Å²) >= 11 is 1.23. The van der Waals surface area contributed by atoms with Crippen molar-refractivity contribution in [3.63, 3.8) is 0 Å². The van der Waals surface area contributed by atoms with Gasteiger partial charge in [0.1, 0.15) is 11.5 Å². The second-order valence-electron chi connectivity index (χ2n) is 6.61. The molecule has 0 bridgehead atoms. The van der Waals surface area contributed by atoms with Crippen molar-refractivity contribution in [3.8, 4) is 11.5 Å². The first-order chi connectivity index (χ1) is 13.7. The number of ether oxygens (including phenoxy) is 2. The molecule has 1 heterocycles. The zero-order valence-electron chi connectivity index (χ0n) is 16.9. The summed E-state index contributed by atoms with van der Waals surface area (Å²) in [5.74, 6) is -0.503. The maximum atomic E-state index is 13.7. The average molecular weight is 414 g/mol. The number of anilines is 1. The van der Waals surface area contributed by atoms with Crippen LogP contribution in [0, 0.1) is 0 Å². The minimum absolute atomic E-state index is 0.194. The summed E-state index contributed by atoms with van der Waals surface area (Å²) in [7, 11) is 4.73. The number of likely N-dealkylation sites (N-methyl/N-ethyl adjacent to an activating group) is 2.